The van der Waals surface area contributed by atoms with E-state index in [1.807, 2.05) is 42.5 Å². The lowest BCUT2D eigenvalue weighted by Crippen LogP contribution is -2.40. The van der Waals surface area contributed by atoms with Crippen LogP contribution in [0.15, 0.2) is 42.5 Å². The van der Waals surface area contributed by atoms with Crippen LogP contribution < -0.4 is 0 Å². The highest BCUT2D eigenvalue weighted by Crippen LogP contribution is 2.45. The first-order valence-corrected chi connectivity index (χ1v) is 5.85. The molecule has 1 aliphatic rings. The minimum absolute atomic E-state index is 0.149. The predicted octanol–water partition coefficient (Wildman–Crippen LogP) is 2.78. The molecule has 0 radical (unpaired) electrons. The van der Waals surface area contributed by atoms with Gasteiger partial charge in [-0.15, -0.1) is 0 Å². The summed E-state index contributed by atoms with van der Waals surface area (Å²) < 4.78 is 5.31. The molecule has 0 unspecified atom stereocenters. The molecule has 0 aromatic heterocycles. The minimum Gasteiger partial charge on any atom is -0.375 e. The molecule has 0 saturated heterocycles. The largest absolute Gasteiger partial charge is 0.375 e. The van der Waals surface area contributed by atoms with E-state index in [4.69, 9.17) is 4.74 Å². The number of ether oxygens (including phenoxy) is 1. The maximum atomic E-state index is 9.49. The Morgan fingerprint density at radius 3 is 2.44 bits per heavy atom. The lowest BCUT2D eigenvalue weighted by atomic mass is 9.66. The van der Waals surface area contributed by atoms with Crippen LogP contribution in [0.1, 0.15) is 17.9 Å². The molecule has 0 saturated carbocycles. The van der Waals surface area contributed by atoms with Crippen molar-refractivity contribution >= 4 is 0 Å². The SMILES string of the molecule is CO[C@H]1C=CC[C@@H](c2ccccc2)C1(C#N)C#N. The van der Waals surface area contributed by atoms with Crippen molar-refractivity contribution in [3.8, 4) is 12.1 Å². The third-order valence-electron chi connectivity index (χ3n) is 3.51. The average Bonchev–Trinajstić information content (AvgIpc) is 2.47. The quantitative estimate of drug-likeness (QED) is 0.744. The van der Waals surface area contributed by atoms with Gasteiger partial charge >= 0.3 is 0 Å². The molecule has 0 N–H and O–H groups in total. The highest BCUT2D eigenvalue weighted by Gasteiger charge is 2.48. The van der Waals surface area contributed by atoms with E-state index in [0.29, 0.717) is 6.42 Å². The van der Waals surface area contributed by atoms with Crippen molar-refractivity contribution in [1.82, 2.24) is 0 Å². The van der Waals surface area contributed by atoms with Crippen molar-refractivity contribution in [1.29, 1.82) is 10.5 Å². The Labute approximate surface area is 107 Å². The smallest absolute Gasteiger partial charge is 0.180 e. The summed E-state index contributed by atoms with van der Waals surface area (Å²) in [6, 6.07) is 14.1. The Morgan fingerprint density at radius 1 is 1.22 bits per heavy atom. The summed E-state index contributed by atoms with van der Waals surface area (Å²) in [4.78, 5) is 0. The van der Waals surface area contributed by atoms with E-state index in [-0.39, 0.29) is 5.92 Å². The second-order valence-electron chi connectivity index (χ2n) is 4.38. The van der Waals surface area contributed by atoms with Crippen LogP contribution in [0.4, 0.5) is 0 Å². The maximum Gasteiger partial charge on any atom is 0.180 e. The lowest BCUT2D eigenvalue weighted by molar-refractivity contribution is 0.0617. The van der Waals surface area contributed by atoms with Gasteiger partial charge in [-0.05, 0) is 12.0 Å². The van der Waals surface area contributed by atoms with Gasteiger partial charge in [0.15, 0.2) is 5.41 Å². The summed E-state index contributed by atoms with van der Waals surface area (Å²) in [5, 5.41) is 19.0. The maximum absolute atomic E-state index is 9.49. The fourth-order valence-electron chi connectivity index (χ4n) is 2.53. The zero-order valence-electron chi connectivity index (χ0n) is 10.2. The molecule has 1 aliphatic carbocycles. The molecule has 0 amide bonds. The van der Waals surface area contributed by atoms with Gasteiger partial charge in [0.2, 0.25) is 0 Å². The van der Waals surface area contributed by atoms with Crippen molar-refractivity contribution < 1.29 is 4.74 Å². The molecule has 0 heterocycles. The van der Waals surface area contributed by atoms with E-state index in [1.54, 1.807) is 0 Å². The highest BCUT2D eigenvalue weighted by atomic mass is 16.5. The van der Waals surface area contributed by atoms with Gasteiger partial charge in [0.1, 0.15) is 6.10 Å². The van der Waals surface area contributed by atoms with E-state index in [9.17, 15) is 10.5 Å². The molecule has 0 spiro atoms. The first-order valence-electron chi connectivity index (χ1n) is 5.85. The molecule has 2 rings (SSSR count). The van der Waals surface area contributed by atoms with Crippen molar-refractivity contribution in [3.05, 3.63) is 48.0 Å². The zero-order valence-corrected chi connectivity index (χ0v) is 10.2. The highest BCUT2D eigenvalue weighted by molar-refractivity contribution is 5.37. The summed E-state index contributed by atoms with van der Waals surface area (Å²) in [6.45, 7) is 0. The number of nitrogens with zero attached hydrogens (tertiary/aromatic N) is 2. The van der Waals surface area contributed by atoms with Gasteiger partial charge in [0.25, 0.3) is 0 Å². The molecule has 18 heavy (non-hydrogen) atoms. The third-order valence-corrected chi connectivity index (χ3v) is 3.51. The van der Waals surface area contributed by atoms with Gasteiger partial charge in [0, 0.05) is 13.0 Å². The van der Waals surface area contributed by atoms with Gasteiger partial charge < -0.3 is 4.74 Å². The topological polar surface area (TPSA) is 56.8 Å². The fourth-order valence-corrected chi connectivity index (χ4v) is 2.53. The summed E-state index contributed by atoms with van der Waals surface area (Å²) in [5.41, 5.74) is -0.141. The molecule has 0 aliphatic heterocycles. The molecule has 1 aromatic rings. The predicted molar refractivity (Wildman–Crippen MR) is 67.4 cm³/mol. The van der Waals surface area contributed by atoms with Gasteiger partial charge in [0.05, 0.1) is 12.1 Å². The molecular formula is C15H14N2O. The summed E-state index contributed by atoms with van der Waals surface area (Å²) in [5.74, 6) is -0.149. The van der Waals surface area contributed by atoms with Crippen molar-refractivity contribution in [2.24, 2.45) is 5.41 Å². The molecule has 3 nitrogen and oxygen atoms in total. The molecule has 2 atom stereocenters. The minimum atomic E-state index is -1.15. The molecule has 0 fully saturated rings. The fraction of sp³-hybridized carbons (Fsp3) is 0.333. The van der Waals surface area contributed by atoms with E-state index in [0.717, 1.165) is 5.56 Å². The Bertz CT molecular complexity index is 508. The van der Waals surface area contributed by atoms with Crippen LogP contribution >= 0.6 is 0 Å². The summed E-state index contributed by atoms with van der Waals surface area (Å²) >= 11 is 0. The Hall–Kier alpha value is -2.10. The van der Waals surface area contributed by atoms with Gasteiger partial charge in [-0.25, -0.2) is 0 Å². The number of methoxy groups -OCH3 is 1. The van der Waals surface area contributed by atoms with Crippen molar-refractivity contribution in [2.75, 3.05) is 7.11 Å². The second kappa shape index (κ2) is 5.04. The monoisotopic (exact) mass is 238 g/mol. The zero-order chi connectivity index (χ0) is 13.0. The van der Waals surface area contributed by atoms with E-state index in [1.165, 1.54) is 7.11 Å². The number of hydrogen-bond donors (Lipinski definition) is 0. The lowest BCUT2D eigenvalue weighted by Gasteiger charge is -2.36. The van der Waals surface area contributed by atoms with Gasteiger partial charge in [-0.3, -0.25) is 0 Å². The molecular weight excluding hydrogens is 224 g/mol. The Kier molecular flexibility index (Phi) is 3.46. The first-order chi connectivity index (χ1) is 8.78. The molecule has 1 aromatic carbocycles. The van der Waals surface area contributed by atoms with Crippen LogP contribution in [-0.4, -0.2) is 13.2 Å². The number of nitriles is 2. The number of hydrogen-bond acceptors (Lipinski definition) is 3. The van der Waals surface area contributed by atoms with Crippen LogP contribution in [0, 0.1) is 28.1 Å². The number of rotatable bonds is 2. The van der Waals surface area contributed by atoms with Crippen molar-refractivity contribution in [2.45, 2.75) is 18.4 Å². The molecule has 90 valence electrons. The van der Waals surface area contributed by atoms with Crippen molar-refractivity contribution in [3.63, 3.8) is 0 Å². The van der Waals surface area contributed by atoms with Crippen LogP contribution in [0.25, 0.3) is 0 Å². The van der Waals surface area contributed by atoms with E-state index >= 15 is 0 Å². The molecule has 0 bridgehead atoms. The van der Waals surface area contributed by atoms with Gasteiger partial charge in [-0.1, -0.05) is 42.5 Å². The second-order valence-corrected chi connectivity index (χ2v) is 4.38. The van der Waals surface area contributed by atoms with Crippen LogP contribution in [0.5, 0.6) is 0 Å². The standard InChI is InChI=1S/C15H14N2O/c1-18-14-9-5-8-13(15(14,10-16)11-17)12-6-3-2-4-7-12/h2-7,9,13-14H,8H2,1H3/t13-,14-/m0/s1. The Balaban J connectivity index is 2.51. The number of benzene rings is 1. The van der Waals surface area contributed by atoms with Crippen LogP contribution in [0.2, 0.25) is 0 Å². The van der Waals surface area contributed by atoms with E-state index in [2.05, 4.69) is 12.1 Å². The van der Waals surface area contributed by atoms with Crippen LogP contribution in [0.3, 0.4) is 0 Å². The summed E-state index contributed by atoms with van der Waals surface area (Å²) in [6.07, 6.45) is 4.00. The average molecular weight is 238 g/mol. The van der Waals surface area contributed by atoms with Crippen LogP contribution in [-0.2, 0) is 4.74 Å². The third kappa shape index (κ3) is 1.79. The van der Waals surface area contributed by atoms with Gasteiger partial charge in [-0.2, -0.15) is 10.5 Å². The molecule has 3 heteroatoms. The summed E-state index contributed by atoms with van der Waals surface area (Å²) in [7, 11) is 1.53. The number of allylic oxidation sites excluding steroid dienone is 1. The Morgan fingerprint density at radius 2 is 1.89 bits per heavy atom. The normalized spacial score (nSPS) is 25.1. The first kappa shape index (κ1) is 12.4. The van der Waals surface area contributed by atoms with E-state index < -0.39 is 11.5 Å².